The topological polar surface area (TPSA) is 29.5 Å². The molecule has 2 rings (SSSR count). The smallest absolute Gasteiger partial charge is 0.140 e. The van der Waals surface area contributed by atoms with Crippen molar-refractivity contribution in [2.24, 2.45) is 0 Å². The molecule has 17 heavy (non-hydrogen) atoms. The van der Waals surface area contributed by atoms with Gasteiger partial charge < -0.3 is 9.84 Å². The molecule has 0 aromatic heterocycles. The molecule has 0 aliphatic rings. The van der Waals surface area contributed by atoms with E-state index in [1.807, 2.05) is 18.2 Å². The first kappa shape index (κ1) is 11.8. The molecule has 4 heteroatoms. The van der Waals surface area contributed by atoms with Crippen molar-refractivity contribution in [3.63, 3.8) is 0 Å². The lowest BCUT2D eigenvalue weighted by Crippen LogP contribution is -1.87. The van der Waals surface area contributed by atoms with Gasteiger partial charge in [-0.2, -0.15) is 0 Å². The summed E-state index contributed by atoms with van der Waals surface area (Å²) in [5.41, 5.74) is 0. The molecule has 0 spiro atoms. The Bertz CT molecular complexity index is 508. The number of phenolic OH excluding ortho intramolecular Hbond substituents is 1. The van der Waals surface area contributed by atoms with Gasteiger partial charge in [-0.05, 0) is 24.3 Å². The lowest BCUT2D eigenvalue weighted by molar-refractivity contribution is 0.404. The monoisotopic (exact) mass is 250 g/mol. The van der Waals surface area contributed by atoms with Crippen molar-refractivity contribution < 1.29 is 14.2 Å². The fourth-order valence-corrected chi connectivity index (χ4v) is 2.37. The average Bonchev–Trinajstić information content (AvgIpc) is 2.34. The molecule has 2 nitrogen and oxygen atoms in total. The van der Waals surface area contributed by atoms with Gasteiger partial charge >= 0.3 is 0 Å². The molecule has 0 unspecified atom stereocenters. The molecular formula is C13H11FO2S. The largest absolute Gasteiger partial charge is 0.507 e. The van der Waals surface area contributed by atoms with Crippen molar-refractivity contribution in [2.45, 2.75) is 9.79 Å². The van der Waals surface area contributed by atoms with Gasteiger partial charge in [0.05, 0.1) is 16.9 Å². The molecule has 0 saturated heterocycles. The predicted octanol–water partition coefficient (Wildman–Crippen LogP) is 3.69. The number of aromatic hydroxyl groups is 1. The van der Waals surface area contributed by atoms with Gasteiger partial charge in [-0.15, -0.1) is 0 Å². The summed E-state index contributed by atoms with van der Waals surface area (Å²) in [6.45, 7) is 0. The van der Waals surface area contributed by atoms with Crippen LogP contribution in [0, 0.1) is 5.82 Å². The summed E-state index contributed by atoms with van der Waals surface area (Å²) < 4.78 is 18.7. The molecular weight excluding hydrogens is 239 g/mol. The Balaban J connectivity index is 2.38. The first-order chi connectivity index (χ1) is 8.22. The van der Waals surface area contributed by atoms with Crippen molar-refractivity contribution in [2.75, 3.05) is 7.11 Å². The molecule has 2 aromatic rings. The number of hydrogen-bond donors (Lipinski definition) is 1. The van der Waals surface area contributed by atoms with Crippen molar-refractivity contribution in [3.8, 4) is 11.5 Å². The maximum atomic E-state index is 13.6. The second-order valence-electron chi connectivity index (χ2n) is 3.34. The van der Waals surface area contributed by atoms with E-state index in [1.54, 1.807) is 13.2 Å². The van der Waals surface area contributed by atoms with Gasteiger partial charge in [-0.3, -0.25) is 0 Å². The molecule has 2 aromatic carbocycles. The van der Waals surface area contributed by atoms with Crippen LogP contribution in [-0.4, -0.2) is 12.2 Å². The molecule has 0 radical (unpaired) electrons. The maximum Gasteiger partial charge on any atom is 0.140 e. The van der Waals surface area contributed by atoms with Gasteiger partial charge in [0, 0.05) is 0 Å². The third-order valence-electron chi connectivity index (χ3n) is 2.23. The van der Waals surface area contributed by atoms with Gasteiger partial charge in [-0.25, -0.2) is 4.39 Å². The van der Waals surface area contributed by atoms with Crippen LogP contribution in [0.2, 0.25) is 0 Å². The normalized spacial score (nSPS) is 10.2. The second-order valence-corrected chi connectivity index (χ2v) is 4.39. The molecule has 88 valence electrons. The first-order valence-corrected chi connectivity index (χ1v) is 5.82. The minimum absolute atomic E-state index is 0.0686. The summed E-state index contributed by atoms with van der Waals surface area (Å²) in [7, 11) is 1.56. The van der Waals surface area contributed by atoms with Crippen LogP contribution in [-0.2, 0) is 0 Å². The van der Waals surface area contributed by atoms with Gasteiger partial charge in [-0.1, -0.05) is 30.0 Å². The van der Waals surface area contributed by atoms with E-state index in [4.69, 9.17) is 4.74 Å². The molecule has 0 amide bonds. The van der Waals surface area contributed by atoms with Gasteiger partial charge in [0.1, 0.15) is 17.3 Å². The fraction of sp³-hybridized carbons (Fsp3) is 0.0769. The van der Waals surface area contributed by atoms with Crippen molar-refractivity contribution in [1.29, 1.82) is 0 Å². The van der Waals surface area contributed by atoms with Crippen LogP contribution < -0.4 is 4.74 Å². The molecule has 0 fully saturated rings. The van der Waals surface area contributed by atoms with Crippen LogP contribution >= 0.6 is 11.8 Å². The highest BCUT2D eigenvalue weighted by molar-refractivity contribution is 7.99. The summed E-state index contributed by atoms with van der Waals surface area (Å²) in [6, 6.07) is 11.5. The number of rotatable bonds is 3. The number of phenols is 1. The quantitative estimate of drug-likeness (QED) is 0.900. The first-order valence-electron chi connectivity index (χ1n) is 5.00. The Morgan fingerprint density at radius 1 is 1.12 bits per heavy atom. The van der Waals surface area contributed by atoms with Crippen LogP contribution in [0.5, 0.6) is 11.5 Å². The Kier molecular flexibility index (Phi) is 3.54. The second kappa shape index (κ2) is 5.10. The number of benzene rings is 2. The van der Waals surface area contributed by atoms with Crippen LogP contribution in [0.4, 0.5) is 4.39 Å². The standard InChI is InChI=1S/C13H11FO2S/c1-16-11-7-2-3-8-12(11)17-13-9(14)5-4-6-10(13)15/h2-8,15H,1H3. The zero-order valence-corrected chi connectivity index (χ0v) is 10.00. The fourth-order valence-electron chi connectivity index (χ4n) is 1.41. The SMILES string of the molecule is COc1ccccc1Sc1c(O)cccc1F. The lowest BCUT2D eigenvalue weighted by atomic mass is 10.3. The zero-order valence-electron chi connectivity index (χ0n) is 9.18. The number of hydrogen-bond acceptors (Lipinski definition) is 3. The van der Waals surface area contributed by atoms with E-state index in [0.29, 0.717) is 5.75 Å². The van der Waals surface area contributed by atoms with Crippen LogP contribution in [0.15, 0.2) is 52.3 Å². The molecule has 1 N–H and O–H groups in total. The number of para-hydroxylation sites is 1. The van der Waals surface area contributed by atoms with Crippen molar-refractivity contribution in [1.82, 2.24) is 0 Å². The van der Waals surface area contributed by atoms with E-state index >= 15 is 0 Å². The average molecular weight is 250 g/mol. The van der Waals surface area contributed by atoms with Gasteiger partial charge in [0.2, 0.25) is 0 Å². The predicted molar refractivity (Wildman–Crippen MR) is 65.2 cm³/mol. The Hall–Kier alpha value is -1.68. The third-order valence-corrected chi connectivity index (χ3v) is 3.39. The summed E-state index contributed by atoms with van der Waals surface area (Å²) in [6.07, 6.45) is 0. The van der Waals surface area contributed by atoms with E-state index < -0.39 is 5.82 Å². The summed E-state index contributed by atoms with van der Waals surface area (Å²) >= 11 is 1.14. The minimum Gasteiger partial charge on any atom is -0.507 e. The van der Waals surface area contributed by atoms with E-state index in [0.717, 1.165) is 16.7 Å². The Morgan fingerprint density at radius 2 is 1.88 bits per heavy atom. The highest BCUT2D eigenvalue weighted by atomic mass is 32.2. The molecule has 0 saturated carbocycles. The van der Waals surface area contributed by atoms with Gasteiger partial charge in [0.15, 0.2) is 0 Å². The number of halogens is 1. The van der Waals surface area contributed by atoms with Crippen LogP contribution in [0.1, 0.15) is 0 Å². The van der Waals surface area contributed by atoms with Crippen molar-refractivity contribution >= 4 is 11.8 Å². The molecule has 0 aliphatic heterocycles. The molecule has 0 bridgehead atoms. The summed E-state index contributed by atoms with van der Waals surface area (Å²) in [4.78, 5) is 0.965. The maximum absolute atomic E-state index is 13.6. The van der Waals surface area contributed by atoms with E-state index in [1.165, 1.54) is 18.2 Å². The number of ether oxygens (including phenoxy) is 1. The van der Waals surface area contributed by atoms with Gasteiger partial charge in [0.25, 0.3) is 0 Å². The zero-order chi connectivity index (χ0) is 12.3. The van der Waals surface area contributed by atoms with E-state index in [-0.39, 0.29) is 10.6 Å². The summed E-state index contributed by atoms with van der Waals surface area (Å²) in [5.74, 6) is 0.141. The Morgan fingerprint density at radius 3 is 2.59 bits per heavy atom. The highest BCUT2D eigenvalue weighted by Gasteiger charge is 2.11. The summed E-state index contributed by atoms with van der Waals surface area (Å²) in [5, 5.41) is 9.61. The number of methoxy groups -OCH3 is 1. The van der Waals surface area contributed by atoms with Crippen LogP contribution in [0.25, 0.3) is 0 Å². The lowest BCUT2D eigenvalue weighted by Gasteiger charge is -2.09. The molecule has 0 atom stereocenters. The molecule has 0 aliphatic carbocycles. The van der Waals surface area contributed by atoms with Crippen LogP contribution in [0.3, 0.4) is 0 Å². The van der Waals surface area contributed by atoms with E-state index in [9.17, 15) is 9.50 Å². The third kappa shape index (κ3) is 2.53. The highest BCUT2D eigenvalue weighted by Crippen LogP contribution is 2.40. The Labute approximate surface area is 103 Å². The van der Waals surface area contributed by atoms with E-state index in [2.05, 4.69) is 0 Å². The molecule has 0 heterocycles. The van der Waals surface area contributed by atoms with Crippen molar-refractivity contribution in [3.05, 3.63) is 48.3 Å². The minimum atomic E-state index is -0.444.